The third-order valence-electron chi connectivity index (χ3n) is 2.26. The van der Waals surface area contributed by atoms with Gasteiger partial charge in [0, 0.05) is 23.0 Å². The molecule has 2 aromatic rings. The summed E-state index contributed by atoms with van der Waals surface area (Å²) in [5.41, 5.74) is 7.45. The largest absolute Gasteiger partial charge is 0.389 e. The van der Waals surface area contributed by atoms with Crippen LogP contribution in [0.5, 0.6) is 0 Å². The van der Waals surface area contributed by atoms with Gasteiger partial charge in [-0.15, -0.1) is 0 Å². The van der Waals surface area contributed by atoms with Crippen LogP contribution in [0.15, 0.2) is 53.9 Å². The number of rotatable bonds is 4. The molecule has 92 valence electrons. The van der Waals surface area contributed by atoms with E-state index in [1.165, 1.54) is 0 Å². The standard InChI is InChI=1S/C13H12ClN3O/c14-12-5-3-10(4-6-12)9-18-17-13(15)11-2-1-7-16-8-11/h1-8H,9H2,(H2,15,17). The Labute approximate surface area is 110 Å². The van der Waals surface area contributed by atoms with Crippen LogP contribution >= 0.6 is 11.6 Å². The van der Waals surface area contributed by atoms with E-state index < -0.39 is 0 Å². The highest BCUT2D eigenvalue weighted by Crippen LogP contribution is 2.10. The first kappa shape index (κ1) is 12.4. The van der Waals surface area contributed by atoms with Crippen LogP contribution < -0.4 is 5.73 Å². The van der Waals surface area contributed by atoms with Gasteiger partial charge in [-0.3, -0.25) is 4.98 Å². The summed E-state index contributed by atoms with van der Waals surface area (Å²) in [7, 11) is 0. The maximum atomic E-state index is 5.78. The molecule has 0 spiro atoms. The quantitative estimate of drug-likeness (QED) is 0.523. The SMILES string of the molecule is N/C(=N\OCc1ccc(Cl)cc1)c1cccnc1. The van der Waals surface area contributed by atoms with E-state index in [-0.39, 0.29) is 0 Å². The number of amidine groups is 1. The van der Waals surface area contributed by atoms with E-state index in [2.05, 4.69) is 10.1 Å². The van der Waals surface area contributed by atoms with E-state index in [1.54, 1.807) is 30.6 Å². The van der Waals surface area contributed by atoms with Crippen molar-refractivity contribution >= 4 is 17.4 Å². The van der Waals surface area contributed by atoms with Crippen LogP contribution in [-0.4, -0.2) is 10.8 Å². The van der Waals surface area contributed by atoms with E-state index in [0.717, 1.165) is 11.1 Å². The van der Waals surface area contributed by atoms with Crippen molar-refractivity contribution in [3.05, 3.63) is 64.9 Å². The Kier molecular flexibility index (Phi) is 4.15. The number of halogens is 1. The van der Waals surface area contributed by atoms with Crippen LogP contribution in [0.4, 0.5) is 0 Å². The molecule has 1 aromatic carbocycles. The number of benzene rings is 1. The lowest BCUT2D eigenvalue weighted by atomic mass is 10.2. The normalized spacial score (nSPS) is 11.3. The number of pyridine rings is 1. The van der Waals surface area contributed by atoms with E-state index in [4.69, 9.17) is 22.2 Å². The van der Waals surface area contributed by atoms with Gasteiger partial charge < -0.3 is 10.6 Å². The highest BCUT2D eigenvalue weighted by Gasteiger charge is 1.98. The molecule has 0 atom stereocenters. The van der Waals surface area contributed by atoms with Crippen molar-refractivity contribution in [1.82, 2.24) is 4.98 Å². The number of nitrogens with two attached hydrogens (primary N) is 1. The van der Waals surface area contributed by atoms with Gasteiger partial charge in [-0.05, 0) is 29.8 Å². The van der Waals surface area contributed by atoms with Crippen molar-refractivity contribution in [2.24, 2.45) is 10.9 Å². The monoisotopic (exact) mass is 261 g/mol. The van der Waals surface area contributed by atoms with Crippen LogP contribution in [0.3, 0.4) is 0 Å². The van der Waals surface area contributed by atoms with Crippen LogP contribution in [0.1, 0.15) is 11.1 Å². The Balaban J connectivity index is 1.93. The van der Waals surface area contributed by atoms with Gasteiger partial charge >= 0.3 is 0 Å². The molecule has 0 aliphatic carbocycles. The van der Waals surface area contributed by atoms with E-state index >= 15 is 0 Å². The summed E-state index contributed by atoms with van der Waals surface area (Å²) in [6, 6.07) is 11.0. The molecule has 0 aliphatic rings. The lowest BCUT2D eigenvalue weighted by Gasteiger charge is -2.02. The average Bonchev–Trinajstić information content (AvgIpc) is 2.42. The van der Waals surface area contributed by atoms with E-state index in [9.17, 15) is 0 Å². The number of oxime groups is 1. The molecule has 0 unspecified atom stereocenters. The van der Waals surface area contributed by atoms with Crippen molar-refractivity contribution in [2.75, 3.05) is 0 Å². The lowest BCUT2D eigenvalue weighted by Crippen LogP contribution is -2.13. The third-order valence-corrected chi connectivity index (χ3v) is 2.52. The van der Waals surface area contributed by atoms with Gasteiger partial charge in [0.1, 0.15) is 6.61 Å². The first-order chi connectivity index (χ1) is 8.75. The highest BCUT2D eigenvalue weighted by atomic mass is 35.5. The zero-order valence-corrected chi connectivity index (χ0v) is 10.3. The topological polar surface area (TPSA) is 60.5 Å². The van der Waals surface area contributed by atoms with Crippen LogP contribution in [0, 0.1) is 0 Å². The Morgan fingerprint density at radius 1 is 1.28 bits per heavy atom. The van der Waals surface area contributed by atoms with Crippen molar-refractivity contribution in [1.29, 1.82) is 0 Å². The minimum Gasteiger partial charge on any atom is -0.389 e. The molecular weight excluding hydrogens is 250 g/mol. The summed E-state index contributed by atoms with van der Waals surface area (Å²) >= 11 is 5.78. The molecule has 0 bridgehead atoms. The molecule has 0 fully saturated rings. The summed E-state index contributed by atoms with van der Waals surface area (Å²) in [5.74, 6) is 0.303. The molecule has 0 saturated heterocycles. The lowest BCUT2D eigenvalue weighted by molar-refractivity contribution is 0.130. The molecule has 0 aliphatic heterocycles. The molecule has 0 saturated carbocycles. The van der Waals surface area contributed by atoms with Crippen molar-refractivity contribution in [3.63, 3.8) is 0 Å². The fourth-order valence-electron chi connectivity index (χ4n) is 1.32. The third kappa shape index (κ3) is 3.46. The predicted molar refractivity (Wildman–Crippen MR) is 71.2 cm³/mol. The van der Waals surface area contributed by atoms with Gasteiger partial charge in [-0.1, -0.05) is 28.9 Å². The van der Waals surface area contributed by atoms with Crippen LogP contribution in [0.2, 0.25) is 5.02 Å². The Bertz CT molecular complexity index is 526. The van der Waals surface area contributed by atoms with Crippen LogP contribution in [-0.2, 0) is 11.4 Å². The highest BCUT2D eigenvalue weighted by molar-refractivity contribution is 6.30. The second kappa shape index (κ2) is 6.02. The van der Waals surface area contributed by atoms with E-state index in [1.807, 2.05) is 18.2 Å². The molecular formula is C13H12ClN3O. The van der Waals surface area contributed by atoms with Gasteiger partial charge in [-0.25, -0.2) is 0 Å². The van der Waals surface area contributed by atoms with Gasteiger partial charge in [0.2, 0.25) is 0 Å². The van der Waals surface area contributed by atoms with Gasteiger partial charge in [0.15, 0.2) is 5.84 Å². The summed E-state index contributed by atoms with van der Waals surface area (Å²) in [4.78, 5) is 9.12. The summed E-state index contributed by atoms with van der Waals surface area (Å²) in [5, 5.41) is 4.53. The first-order valence-electron chi connectivity index (χ1n) is 5.36. The molecule has 2 rings (SSSR count). The Morgan fingerprint density at radius 3 is 2.72 bits per heavy atom. The molecule has 5 heteroatoms. The molecule has 1 heterocycles. The molecule has 0 amide bonds. The van der Waals surface area contributed by atoms with E-state index in [0.29, 0.717) is 17.5 Å². The molecule has 18 heavy (non-hydrogen) atoms. The zero-order chi connectivity index (χ0) is 12.8. The molecule has 2 N–H and O–H groups in total. The molecule has 4 nitrogen and oxygen atoms in total. The minimum atomic E-state index is 0.303. The molecule has 1 aromatic heterocycles. The van der Waals surface area contributed by atoms with Crippen molar-refractivity contribution < 1.29 is 4.84 Å². The number of aromatic nitrogens is 1. The number of hydrogen-bond donors (Lipinski definition) is 1. The zero-order valence-electron chi connectivity index (χ0n) is 9.58. The maximum absolute atomic E-state index is 5.78. The second-order valence-corrected chi connectivity index (χ2v) is 4.05. The summed E-state index contributed by atoms with van der Waals surface area (Å²) < 4.78 is 0. The number of nitrogens with zero attached hydrogens (tertiary/aromatic N) is 2. The second-order valence-electron chi connectivity index (χ2n) is 3.62. The van der Waals surface area contributed by atoms with Crippen molar-refractivity contribution in [2.45, 2.75) is 6.61 Å². The fraction of sp³-hybridized carbons (Fsp3) is 0.0769. The number of hydrogen-bond acceptors (Lipinski definition) is 3. The van der Waals surface area contributed by atoms with Gasteiger partial charge in [0.05, 0.1) is 0 Å². The Morgan fingerprint density at radius 2 is 2.06 bits per heavy atom. The molecule has 0 radical (unpaired) electrons. The first-order valence-corrected chi connectivity index (χ1v) is 5.74. The van der Waals surface area contributed by atoms with Gasteiger partial charge in [0.25, 0.3) is 0 Å². The summed E-state index contributed by atoms with van der Waals surface area (Å²) in [6.45, 7) is 0.345. The van der Waals surface area contributed by atoms with Crippen molar-refractivity contribution in [3.8, 4) is 0 Å². The summed E-state index contributed by atoms with van der Waals surface area (Å²) in [6.07, 6.45) is 3.30. The maximum Gasteiger partial charge on any atom is 0.171 e. The van der Waals surface area contributed by atoms with Crippen LogP contribution in [0.25, 0.3) is 0 Å². The van der Waals surface area contributed by atoms with Gasteiger partial charge in [-0.2, -0.15) is 0 Å². The Hall–Kier alpha value is -2.07. The predicted octanol–water partition coefficient (Wildman–Crippen LogP) is 2.57. The fourth-order valence-corrected chi connectivity index (χ4v) is 1.45. The average molecular weight is 262 g/mol. The minimum absolute atomic E-state index is 0.303. The smallest absolute Gasteiger partial charge is 0.171 e.